The number of aryl methyl sites for hydroxylation is 1. The fourth-order valence-electron chi connectivity index (χ4n) is 1.84. The third-order valence-corrected chi connectivity index (χ3v) is 4.30. The highest BCUT2D eigenvalue weighted by atomic mass is 35.5. The van der Waals surface area contributed by atoms with E-state index < -0.39 is 10.0 Å². The normalized spacial score (nSPS) is 11.3. The van der Waals surface area contributed by atoms with Gasteiger partial charge in [-0.25, -0.2) is 13.6 Å². The van der Waals surface area contributed by atoms with E-state index in [0.717, 1.165) is 5.56 Å². The molecule has 2 aromatic rings. The quantitative estimate of drug-likeness (QED) is 0.899. The van der Waals surface area contributed by atoms with Gasteiger partial charge in [-0.2, -0.15) is 0 Å². The molecule has 0 bridgehead atoms. The Hall–Kier alpha value is -1.47. The van der Waals surface area contributed by atoms with Crippen molar-refractivity contribution in [1.82, 2.24) is 0 Å². The lowest BCUT2D eigenvalue weighted by atomic mass is 10.2. The van der Waals surface area contributed by atoms with E-state index in [0.29, 0.717) is 10.0 Å². The van der Waals surface area contributed by atoms with E-state index in [1.165, 1.54) is 25.3 Å². The number of primary sulfonamides is 1. The van der Waals surface area contributed by atoms with Crippen LogP contribution in [0.3, 0.4) is 0 Å². The van der Waals surface area contributed by atoms with Gasteiger partial charge in [0.05, 0.1) is 17.2 Å². The SMILES string of the molecule is COc1ccc(Oc2c(Cl)cc(C)cc2Cl)cc1S(N)(=O)=O. The number of hydrogen-bond acceptors (Lipinski definition) is 4. The third-order valence-electron chi connectivity index (χ3n) is 2.80. The van der Waals surface area contributed by atoms with Crippen LogP contribution in [0.4, 0.5) is 0 Å². The van der Waals surface area contributed by atoms with Gasteiger partial charge in [0.2, 0.25) is 10.0 Å². The average Bonchev–Trinajstić information content (AvgIpc) is 2.41. The molecule has 0 spiro atoms. The Bertz CT molecular complexity index is 799. The molecule has 0 amide bonds. The first kappa shape index (κ1) is 16.9. The Labute approximate surface area is 138 Å². The molecule has 0 radical (unpaired) electrons. The topological polar surface area (TPSA) is 78.6 Å². The second-order valence-corrected chi connectivity index (χ2v) is 6.86. The fraction of sp³-hybridized carbons (Fsp3) is 0.143. The van der Waals surface area contributed by atoms with Crippen molar-refractivity contribution in [3.63, 3.8) is 0 Å². The van der Waals surface area contributed by atoms with Crippen molar-refractivity contribution < 1.29 is 17.9 Å². The van der Waals surface area contributed by atoms with Crippen LogP contribution in [0.15, 0.2) is 35.2 Å². The number of benzene rings is 2. The van der Waals surface area contributed by atoms with Crippen molar-refractivity contribution in [2.75, 3.05) is 7.11 Å². The van der Waals surface area contributed by atoms with Gasteiger partial charge in [-0.05, 0) is 36.8 Å². The Morgan fingerprint density at radius 1 is 1.09 bits per heavy atom. The molecule has 0 aliphatic rings. The summed E-state index contributed by atoms with van der Waals surface area (Å²) < 4.78 is 33.7. The number of rotatable bonds is 4. The van der Waals surface area contributed by atoms with Gasteiger partial charge in [-0.1, -0.05) is 23.2 Å². The molecule has 118 valence electrons. The summed E-state index contributed by atoms with van der Waals surface area (Å²) in [5, 5.41) is 5.79. The summed E-state index contributed by atoms with van der Waals surface area (Å²) >= 11 is 12.2. The van der Waals surface area contributed by atoms with E-state index >= 15 is 0 Å². The molecule has 2 N–H and O–H groups in total. The van der Waals surface area contributed by atoms with Crippen LogP contribution in [0.25, 0.3) is 0 Å². The zero-order valence-corrected chi connectivity index (χ0v) is 14.1. The molecule has 0 saturated carbocycles. The van der Waals surface area contributed by atoms with E-state index in [9.17, 15) is 8.42 Å². The van der Waals surface area contributed by atoms with E-state index in [1.807, 2.05) is 6.92 Å². The highest BCUT2D eigenvalue weighted by molar-refractivity contribution is 7.89. The maximum Gasteiger partial charge on any atom is 0.241 e. The largest absolute Gasteiger partial charge is 0.495 e. The lowest BCUT2D eigenvalue weighted by molar-refractivity contribution is 0.400. The number of ether oxygens (including phenoxy) is 2. The summed E-state index contributed by atoms with van der Waals surface area (Å²) in [7, 11) is -2.61. The Balaban J connectivity index is 2.48. The molecule has 0 heterocycles. The zero-order chi connectivity index (χ0) is 16.5. The van der Waals surface area contributed by atoms with Crippen molar-refractivity contribution in [2.45, 2.75) is 11.8 Å². The highest BCUT2D eigenvalue weighted by Gasteiger charge is 2.17. The molecule has 0 saturated heterocycles. The van der Waals surface area contributed by atoms with Gasteiger partial charge < -0.3 is 9.47 Å². The molecular weight excluding hydrogens is 349 g/mol. The minimum Gasteiger partial charge on any atom is -0.495 e. The lowest BCUT2D eigenvalue weighted by Gasteiger charge is -2.13. The van der Waals surface area contributed by atoms with Crippen LogP contribution in [0.1, 0.15) is 5.56 Å². The molecule has 0 aromatic heterocycles. The minimum absolute atomic E-state index is 0.121. The number of methoxy groups -OCH3 is 1. The minimum atomic E-state index is -3.96. The van der Waals surface area contributed by atoms with Gasteiger partial charge in [0.25, 0.3) is 0 Å². The van der Waals surface area contributed by atoms with E-state index in [2.05, 4.69) is 0 Å². The Morgan fingerprint density at radius 2 is 1.68 bits per heavy atom. The Kier molecular flexibility index (Phi) is 4.87. The standard InChI is InChI=1S/C14H13Cl2NO4S/c1-8-5-10(15)14(11(16)6-8)21-9-3-4-12(20-2)13(7-9)22(17,18)19/h3-7H,1-2H3,(H2,17,18,19). The van der Waals surface area contributed by atoms with Crippen molar-refractivity contribution in [3.05, 3.63) is 45.9 Å². The molecule has 22 heavy (non-hydrogen) atoms. The number of halogens is 2. The van der Waals surface area contributed by atoms with Crippen molar-refractivity contribution in [1.29, 1.82) is 0 Å². The molecule has 2 rings (SSSR count). The van der Waals surface area contributed by atoms with Crippen molar-refractivity contribution >= 4 is 33.2 Å². The second-order valence-electron chi connectivity index (χ2n) is 4.52. The van der Waals surface area contributed by atoms with Gasteiger partial charge in [-0.15, -0.1) is 0 Å². The molecular formula is C14H13Cl2NO4S. The third kappa shape index (κ3) is 3.64. The summed E-state index contributed by atoms with van der Waals surface area (Å²) in [6.07, 6.45) is 0. The number of sulfonamides is 1. The van der Waals surface area contributed by atoms with Crippen molar-refractivity contribution in [2.24, 2.45) is 5.14 Å². The van der Waals surface area contributed by atoms with Crippen LogP contribution < -0.4 is 14.6 Å². The molecule has 0 unspecified atom stereocenters. The molecule has 0 aliphatic heterocycles. The van der Waals surface area contributed by atoms with Crippen LogP contribution in [0.2, 0.25) is 10.0 Å². The summed E-state index contributed by atoms with van der Waals surface area (Å²) in [5.41, 5.74) is 0.877. The summed E-state index contributed by atoms with van der Waals surface area (Å²) in [5.74, 6) is 0.577. The van der Waals surface area contributed by atoms with E-state index in [4.69, 9.17) is 37.8 Å². The number of nitrogens with two attached hydrogens (primary N) is 1. The molecule has 2 aromatic carbocycles. The lowest BCUT2D eigenvalue weighted by Crippen LogP contribution is -2.13. The van der Waals surface area contributed by atoms with Gasteiger partial charge in [0, 0.05) is 6.07 Å². The molecule has 0 atom stereocenters. The van der Waals surface area contributed by atoms with Gasteiger partial charge in [-0.3, -0.25) is 0 Å². The summed E-state index contributed by atoms with van der Waals surface area (Å²) in [6, 6.07) is 7.59. The first-order valence-corrected chi connectivity index (χ1v) is 8.37. The first-order chi connectivity index (χ1) is 10.2. The predicted molar refractivity (Wildman–Crippen MR) is 85.6 cm³/mol. The second kappa shape index (κ2) is 6.34. The van der Waals surface area contributed by atoms with Gasteiger partial charge in [0.15, 0.2) is 5.75 Å². The highest BCUT2D eigenvalue weighted by Crippen LogP contribution is 2.38. The predicted octanol–water partition coefficient (Wildman–Crippen LogP) is 3.75. The van der Waals surface area contributed by atoms with E-state index in [-0.39, 0.29) is 22.1 Å². The monoisotopic (exact) mass is 361 g/mol. The number of hydrogen-bond donors (Lipinski definition) is 1. The van der Waals surface area contributed by atoms with Crippen LogP contribution in [-0.4, -0.2) is 15.5 Å². The first-order valence-electron chi connectivity index (χ1n) is 6.06. The maximum absolute atomic E-state index is 11.6. The van der Waals surface area contributed by atoms with Crippen LogP contribution in [0.5, 0.6) is 17.2 Å². The van der Waals surface area contributed by atoms with Gasteiger partial charge in [0.1, 0.15) is 16.4 Å². The van der Waals surface area contributed by atoms with Crippen LogP contribution >= 0.6 is 23.2 Å². The van der Waals surface area contributed by atoms with E-state index in [1.54, 1.807) is 12.1 Å². The molecule has 0 fully saturated rings. The molecule has 0 aliphatic carbocycles. The smallest absolute Gasteiger partial charge is 0.241 e. The van der Waals surface area contributed by atoms with Gasteiger partial charge >= 0.3 is 0 Å². The average molecular weight is 362 g/mol. The molecule has 8 heteroatoms. The van der Waals surface area contributed by atoms with Crippen molar-refractivity contribution in [3.8, 4) is 17.2 Å². The maximum atomic E-state index is 11.6. The summed E-state index contributed by atoms with van der Waals surface area (Å²) in [6.45, 7) is 1.84. The Morgan fingerprint density at radius 3 is 2.18 bits per heavy atom. The fourth-order valence-corrected chi connectivity index (χ4v) is 3.23. The van der Waals surface area contributed by atoms with Crippen LogP contribution in [-0.2, 0) is 10.0 Å². The van der Waals surface area contributed by atoms with Crippen LogP contribution in [0, 0.1) is 6.92 Å². The zero-order valence-electron chi connectivity index (χ0n) is 11.8. The molecule has 5 nitrogen and oxygen atoms in total. The summed E-state index contributed by atoms with van der Waals surface area (Å²) in [4.78, 5) is -0.188.